The molecular formula is C18H30FIN4. The summed E-state index contributed by atoms with van der Waals surface area (Å²) < 4.78 is 13.1. The molecule has 1 aliphatic rings. The fourth-order valence-corrected chi connectivity index (χ4v) is 3.11. The van der Waals surface area contributed by atoms with E-state index in [-0.39, 0.29) is 35.8 Å². The van der Waals surface area contributed by atoms with Crippen molar-refractivity contribution in [2.24, 2.45) is 4.99 Å². The highest BCUT2D eigenvalue weighted by Gasteiger charge is 2.17. The van der Waals surface area contributed by atoms with Crippen LogP contribution < -0.4 is 10.6 Å². The fourth-order valence-electron chi connectivity index (χ4n) is 3.11. The molecule has 2 N–H and O–H groups in total. The number of guanidine groups is 1. The van der Waals surface area contributed by atoms with E-state index in [0.717, 1.165) is 18.1 Å². The van der Waals surface area contributed by atoms with Crippen LogP contribution in [0.2, 0.25) is 0 Å². The Morgan fingerprint density at radius 2 is 1.83 bits per heavy atom. The van der Waals surface area contributed by atoms with Gasteiger partial charge in [-0.05, 0) is 44.6 Å². The van der Waals surface area contributed by atoms with Crippen LogP contribution in [0.1, 0.15) is 43.7 Å². The Bertz CT molecular complexity index is 498. The molecule has 1 aliphatic carbocycles. The van der Waals surface area contributed by atoms with Gasteiger partial charge in [0, 0.05) is 19.6 Å². The molecule has 136 valence electrons. The SMILES string of the molecule is CN=C(NCC(c1ccc(F)cc1)N(C)C)NC1CCCCC1.I. The molecule has 24 heavy (non-hydrogen) atoms. The Kier molecular flexibility index (Phi) is 9.58. The number of nitrogens with one attached hydrogen (secondary N) is 2. The van der Waals surface area contributed by atoms with Crippen molar-refractivity contribution in [2.45, 2.75) is 44.2 Å². The van der Waals surface area contributed by atoms with Gasteiger partial charge in [0.15, 0.2) is 5.96 Å². The van der Waals surface area contributed by atoms with Crippen LogP contribution in [-0.2, 0) is 0 Å². The molecule has 2 rings (SSSR count). The van der Waals surface area contributed by atoms with Crippen molar-refractivity contribution < 1.29 is 4.39 Å². The van der Waals surface area contributed by atoms with Gasteiger partial charge in [0.25, 0.3) is 0 Å². The maximum atomic E-state index is 13.1. The molecule has 0 heterocycles. The van der Waals surface area contributed by atoms with Gasteiger partial charge in [-0.2, -0.15) is 0 Å². The second-order valence-corrected chi connectivity index (χ2v) is 6.46. The molecule has 0 spiro atoms. The Hall–Kier alpha value is -0.890. The molecule has 1 unspecified atom stereocenters. The van der Waals surface area contributed by atoms with E-state index in [1.165, 1.54) is 44.2 Å². The van der Waals surface area contributed by atoms with Crippen LogP contribution in [0.25, 0.3) is 0 Å². The number of nitrogens with zero attached hydrogens (tertiary/aromatic N) is 2. The van der Waals surface area contributed by atoms with Crippen LogP contribution in [-0.4, -0.2) is 44.6 Å². The van der Waals surface area contributed by atoms with Gasteiger partial charge in [-0.3, -0.25) is 4.99 Å². The zero-order valence-electron chi connectivity index (χ0n) is 14.9. The zero-order chi connectivity index (χ0) is 16.7. The van der Waals surface area contributed by atoms with Crippen LogP contribution in [0.5, 0.6) is 0 Å². The summed E-state index contributed by atoms with van der Waals surface area (Å²) in [4.78, 5) is 6.47. The normalized spacial score (nSPS) is 17.3. The Morgan fingerprint density at radius 3 is 2.38 bits per heavy atom. The average Bonchev–Trinajstić information content (AvgIpc) is 2.56. The van der Waals surface area contributed by atoms with Crippen LogP contribution in [0.15, 0.2) is 29.3 Å². The van der Waals surface area contributed by atoms with Crippen molar-refractivity contribution in [2.75, 3.05) is 27.7 Å². The van der Waals surface area contributed by atoms with Crippen LogP contribution >= 0.6 is 24.0 Å². The number of aliphatic imine (C=N–C) groups is 1. The third kappa shape index (κ3) is 6.55. The van der Waals surface area contributed by atoms with Crippen molar-refractivity contribution in [3.8, 4) is 0 Å². The minimum absolute atomic E-state index is 0. The summed E-state index contributed by atoms with van der Waals surface area (Å²) in [5, 5.41) is 6.94. The number of hydrogen-bond acceptors (Lipinski definition) is 2. The smallest absolute Gasteiger partial charge is 0.191 e. The first kappa shape index (κ1) is 21.2. The molecule has 1 atom stereocenters. The Morgan fingerprint density at radius 1 is 1.21 bits per heavy atom. The summed E-state index contributed by atoms with van der Waals surface area (Å²) >= 11 is 0. The van der Waals surface area contributed by atoms with Gasteiger partial charge in [0.05, 0.1) is 6.04 Å². The highest BCUT2D eigenvalue weighted by molar-refractivity contribution is 14.0. The van der Waals surface area contributed by atoms with E-state index in [1.807, 2.05) is 26.2 Å². The number of rotatable bonds is 5. The standard InChI is InChI=1S/C18H29FN4.HI/c1-20-18(22-16-7-5-4-6-8-16)21-13-17(23(2)3)14-9-11-15(19)12-10-14;/h9-12,16-17H,4-8,13H2,1-3H3,(H2,20,21,22);1H. The van der Waals surface area contributed by atoms with Crippen molar-refractivity contribution in [3.05, 3.63) is 35.6 Å². The van der Waals surface area contributed by atoms with Crippen molar-refractivity contribution in [1.82, 2.24) is 15.5 Å². The topological polar surface area (TPSA) is 39.7 Å². The Labute approximate surface area is 162 Å². The number of hydrogen-bond donors (Lipinski definition) is 2. The maximum Gasteiger partial charge on any atom is 0.191 e. The van der Waals surface area contributed by atoms with Gasteiger partial charge in [0.2, 0.25) is 0 Å². The van der Waals surface area contributed by atoms with Crippen molar-refractivity contribution in [1.29, 1.82) is 0 Å². The molecule has 1 aromatic carbocycles. The molecule has 0 amide bonds. The van der Waals surface area contributed by atoms with E-state index >= 15 is 0 Å². The van der Waals surface area contributed by atoms with Crippen molar-refractivity contribution >= 4 is 29.9 Å². The lowest BCUT2D eigenvalue weighted by Crippen LogP contribution is -2.46. The lowest BCUT2D eigenvalue weighted by Gasteiger charge is -2.28. The number of likely N-dealkylation sites (N-methyl/N-ethyl adjacent to an activating group) is 1. The molecule has 0 bridgehead atoms. The highest BCUT2D eigenvalue weighted by Crippen LogP contribution is 2.19. The molecule has 0 aromatic heterocycles. The molecule has 0 radical (unpaired) electrons. The summed E-state index contributed by atoms with van der Waals surface area (Å²) in [6.07, 6.45) is 6.37. The van der Waals surface area contributed by atoms with E-state index in [1.54, 1.807) is 7.05 Å². The summed E-state index contributed by atoms with van der Waals surface area (Å²) in [6, 6.07) is 7.42. The second-order valence-electron chi connectivity index (χ2n) is 6.46. The average molecular weight is 448 g/mol. The molecule has 1 fully saturated rings. The predicted molar refractivity (Wildman–Crippen MR) is 110 cm³/mol. The van der Waals surface area contributed by atoms with Gasteiger partial charge in [0.1, 0.15) is 5.82 Å². The third-order valence-corrected chi connectivity index (χ3v) is 4.51. The lowest BCUT2D eigenvalue weighted by atomic mass is 9.96. The van der Waals surface area contributed by atoms with Crippen LogP contribution in [0.3, 0.4) is 0 Å². The first-order chi connectivity index (χ1) is 11.1. The van der Waals surface area contributed by atoms with Crippen LogP contribution in [0, 0.1) is 5.82 Å². The third-order valence-electron chi connectivity index (χ3n) is 4.51. The minimum Gasteiger partial charge on any atom is -0.354 e. The summed E-state index contributed by atoms with van der Waals surface area (Å²) in [6.45, 7) is 0.727. The minimum atomic E-state index is -0.200. The molecule has 0 saturated heterocycles. The quantitative estimate of drug-likeness (QED) is 0.411. The van der Waals surface area contributed by atoms with E-state index in [4.69, 9.17) is 0 Å². The van der Waals surface area contributed by atoms with E-state index in [0.29, 0.717) is 6.04 Å². The van der Waals surface area contributed by atoms with E-state index in [2.05, 4.69) is 20.5 Å². The lowest BCUT2D eigenvalue weighted by molar-refractivity contribution is 0.297. The number of benzene rings is 1. The first-order valence-corrected chi connectivity index (χ1v) is 8.49. The fraction of sp³-hybridized carbons (Fsp3) is 0.611. The molecule has 1 aromatic rings. The van der Waals surface area contributed by atoms with Gasteiger partial charge in [-0.25, -0.2) is 4.39 Å². The van der Waals surface area contributed by atoms with E-state index in [9.17, 15) is 4.39 Å². The molecule has 1 saturated carbocycles. The Balaban J connectivity index is 0.00000288. The largest absolute Gasteiger partial charge is 0.354 e. The van der Waals surface area contributed by atoms with Gasteiger partial charge >= 0.3 is 0 Å². The molecule has 6 heteroatoms. The van der Waals surface area contributed by atoms with Crippen molar-refractivity contribution in [3.63, 3.8) is 0 Å². The van der Waals surface area contributed by atoms with E-state index < -0.39 is 0 Å². The maximum absolute atomic E-state index is 13.1. The van der Waals surface area contributed by atoms with Gasteiger partial charge < -0.3 is 15.5 Å². The molecule has 0 aliphatic heterocycles. The first-order valence-electron chi connectivity index (χ1n) is 8.49. The highest BCUT2D eigenvalue weighted by atomic mass is 127. The summed E-state index contributed by atoms with van der Waals surface area (Å²) in [5.41, 5.74) is 1.09. The number of halogens is 2. The van der Waals surface area contributed by atoms with Gasteiger partial charge in [-0.15, -0.1) is 24.0 Å². The molecular weight excluding hydrogens is 418 g/mol. The molecule has 4 nitrogen and oxygen atoms in total. The second kappa shape index (κ2) is 10.9. The summed E-state index contributed by atoms with van der Waals surface area (Å²) in [5.74, 6) is 0.653. The monoisotopic (exact) mass is 448 g/mol. The predicted octanol–water partition coefficient (Wildman–Crippen LogP) is 3.54. The van der Waals surface area contributed by atoms with Gasteiger partial charge in [-0.1, -0.05) is 31.4 Å². The van der Waals surface area contributed by atoms with Crippen LogP contribution in [0.4, 0.5) is 4.39 Å². The zero-order valence-corrected chi connectivity index (χ0v) is 17.2. The summed E-state index contributed by atoms with van der Waals surface area (Å²) in [7, 11) is 5.88.